The van der Waals surface area contributed by atoms with Crippen molar-refractivity contribution >= 4 is 45.2 Å². The van der Waals surface area contributed by atoms with Crippen LogP contribution in [-0.2, 0) is 6.18 Å². The summed E-state index contributed by atoms with van der Waals surface area (Å²) in [4.78, 5) is 25.3. The maximum absolute atomic E-state index is 13.2. The molecule has 0 saturated heterocycles. The summed E-state index contributed by atoms with van der Waals surface area (Å²) in [5.41, 5.74) is -0.481. The van der Waals surface area contributed by atoms with Crippen LogP contribution in [0.4, 0.5) is 18.2 Å². The van der Waals surface area contributed by atoms with Crippen LogP contribution in [0, 0.1) is 6.92 Å². The number of carbonyl (C=O) groups excluding carboxylic acids is 1. The molecule has 3 aromatic heterocycles. The molecule has 11 heteroatoms. The molecule has 27 heavy (non-hydrogen) atoms. The van der Waals surface area contributed by atoms with E-state index >= 15 is 0 Å². The van der Waals surface area contributed by atoms with E-state index in [1.807, 2.05) is 0 Å². The molecule has 0 bridgehead atoms. The Bertz CT molecular complexity index is 972. The number of aryl methyl sites for hydroxylation is 1. The van der Waals surface area contributed by atoms with Gasteiger partial charge in [-0.1, -0.05) is 22.9 Å². The van der Waals surface area contributed by atoms with Gasteiger partial charge in [0.1, 0.15) is 14.9 Å². The number of alkyl halides is 3. The quantitative estimate of drug-likeness (QED) is 0.560. The summed E-state index contributed by atoms with van der Waals surface area (Å²) in [5.74, 6) is -0.807. The van der Waals surface area contributed by atoms with E-state index < -0.39 is 22.7 Å². The molecule has 0 N–H and O–H groups in total. The lowest BCUT2D eigenvalue weighted by molar-refractivity contribution is -0.141. The molecule has 1 amide bonds. The first-order chi connectivity index (χ1) is 12.7. The Hall–Kier alpha value is -2.04. The number of halogens is 4. The third-order valence-corrected chi connectivity index (χ3v) is 5.94. The van der Waals surface area contributed by atoms with Crippen LogP contribution >= 0.6 is 34.3 Å². The normalized spacial score (nSPS) is 11.6. The van der Waals surface area contributed by atoms with Crippen molar-refractivity contribution in [3.8, 4) is 10.6 Å². The van der Waals surface area contributed by atoms with Gasteiger partial charge in [0.2, 0.25) is 0 Å². The highest BCUT2D eigenvalue weighted by Crippen LogP contribution is 2.40. The number of aromatic nitrogens is 3. The second kappa shape index (κ2) is 7.53. The van der Waals surface area contributed by atoms with Crippen LogP contribution in [0.1, 0.15) is 27.3 Å². The number of rotatable bonds is 4. The van der Waals surface area contributed by atoms with Crippen LogP contribution in [0.3, 0.4) is 0 Å². The van der Waals surface area contributed by atoms with Gasteiger partial charge in [-0.3, -0.25) is 14.7 Å². The summed E-state index contributed by atoms with van der Waals surface area (Å²) < 4.78 is 39.7. The number of carbonyl (C=O) groups is 1. The summed E-state index contributed by atoms with van der Waals surface area (Å²) in [7, 11) is 0. The fourth-order valence-electron chi connectivity index (χ4n) is 2.34. The molecule has 3 heterocycles. The highest BCUT2D eigenvalue weighted by molar-refractivity contribution is 7.20. The van der Waals surface area contributed by atoms with Crippen molar-refractivity contribution < 1.29 is 18.0 Å². The third kappa shape index (κ3) is 3.97. The maximum Gasteiger partial charge on any atom is 0.435 e. The van der Waals surface area contributed by atoms with E-state index in [2.05, 4.69) is 15.0 Å². The minimum absolute atomic E-state index is 0.0452. The summed E-state index contributed by atoms with van der Waals surface area (Å²) in [6.45, 7) is 3.20. The predicted octanol–water partition coefficient (Wildman–Crippen LogP) is 5.31. The molecule has 0 unspecified atom stereocenters. The Labute approximate surface area is 165 Å². The van der Waals surface area contributed by atoms with Gasteiger partial charge < -0.3 is 0 Å². The van der Waals surface area contributed by atoms with Gasteiger partial charge in [-0.25, -0.2) is 9.97 Å². The number of pyridine rings is 1. The molecule has 0 aliphatic heterocycles. The minimum Gasteiger partial charge on any atom is -0.297 e. The summed E-state index contributed by atoms with van der Waals surface area (Å²) in [5, 5.41) is 1.00. The Morgan fingerprint density at radius 3 is 2.63 bits per heavy atom. The third-order valence-electron chi connectivity index (χ3n) is 3.48. The molecule has 0 aliphatic carbocycles. The molecular formula is C16H12ClF3N4OS2. The molecule has 0 fully saturated rings. The van der Waals surface area contributed by atoms with Crippen molar-refractivity contribution in [2.24, 2.45) is 0 Å². The number of hydrogen-bond acceptors (Lipinski definition) is 6. The van der Waals surface area contributed by atoms with Crippen molar-refractivity contribution in [1.82, 2.24) is 15.0 Å². The zero-order valence-corrected chi connectivity index (χ0v) is 16.4. The highest BCUT2D eigenvalue weighted by atomic mass is 35.5. The van der Waals surface area contributed by atoms with Gasteiger partial charge in [0.15, 0.2) is 10.8 Å². The fraction of sp³-hybridized carbons (Fsp3) is 0.250. The number of amides is 1. The van der Waals surface area contributed by atoms with Gasteiger partial charge in [-0.15, -0.1) is 11.3 Å². The van der Waals surface area contributed by atoms with Crippen LogP contribution in [0.2, 0.25) is 5.15 Å². The second-order valence-corrected chi connectivity index (χ2v) is 7.85. The Balaban J connectivity index is 2.02. The van der Waals surface area contributed by atoms with E-state index in [1.54, 1.807) is 31.5 Å². The molecular weight excluding hydrogens is 421 g/mol. The zero-order valence-electron chi connectivity index (χ0n) is 14.0. The summed E-state index contributed by atoms with van der Waals surface area (Å²) >= 11 is 8.00. The fourth-order valence-corrected chi connectivity index (χ4v) is 4.59. The Morgan fingerprint density at radius 1 is 1.30 bits per heavy atom. The molecule has 3 rings (SSSR count). The van der Waals surface area contributed by atoms with Crippen LogP contribution in [0.25, 0.3) is 10.6 Å². The van der Waals surface area contributed by atoms with E-state index in [9.17, 15) is 18.0 Å². The number of hydrogen-bond donors (Lipinski definition) is 0. The van der Waals surface area contributed by atoms with Crippen molar-refractivity contribution in [2.75, 3.05) is 11.4 Å². The van der Waals surface area contributed by atoms with Crippen LogP contribution < -0.4 is 4.90 Å². The number of anilines is 1. The van der Waals surface area contributed by atoms with Gasteiger partial charge in [0.05, 0.1) is 5.01 Å². The van der Waals surface area contributed by atoms with E-state index in [1.165, 1.54) is 11.8 Å². The van der Waals surface area contributed by atoms with Gasteiger partial charge in [-0.05, 0) is 26.0 Å². The first kappa shape index (κ1) is 19.7. The lowest BCUT2D eigenvalue weighted by atomic mass is 10.3. The maximum atomic E-state index is 13.2. The minimum atomic E-state index is -4.71. The van der Waals surface area contributed by atoms with Gasteiger partial charge in [-0.2, -0.15) is 13.2 Å². The van der Waals surface area contributed by atoms with E-state index in [4.69, 9.17) is 11.6 Å². The van der Waals surface area contributed by atoms with Crippen molar-refractivity contribution in [3.05, 3.63) is 45.3 Å². The summed E-state index contributed by atoms with van der Waals surface area (Å²) in [6.07, 6.45) is -1.52. The smallest absolute Gasteiger partial charge is 0.297 e. The summed E-state index contributed by atoms with van der Waals surface area (Å²) in [6, 6.07) is 3.50. The zero-order chi connectivity index (χ0) is 19.8. The van der Waals surface area contributed by atoms with Crippen molar-refractivity contribution in [1.29, 1.82) is 0 Å². The Kier molecular flexibility index (Phi) is 5.50. The molecule has 0 aromatic carbocycles. The molecule has 142 valence electrons. The SMILES string of the molecule is CCN(C(=O)c1sc(C)nc1C(F)(F)F)c1sc(-c2cccnc2)nc1Cl. The largest absolute Gasteiger partial charge is 0.435 e. The monoisotopic (exact) mass is 432 g/mol. The van der Waals surface area contributed by atoms with Gasteiger partial charge in [0.25, 0.3) is 5.91 Å². The lowest BCUT2D eigenvalue weighted by Crippen LogP contribution is -2.31. The van der Waals surface area contributed by atoms with Crippen LogP contribution in [-0.4, -0.2) is 27.4 Å². The van der Waals surface area contributed by atoms with Crippen LogP contribution in [0.15, 0.2) is 24.5 Å². The van der Waals surface area contributed by atoms with Gasteiger partial charge >= 0.3 is 6.18 Å². The molecule has 0 spiro atoms. The highest BCUT2D eigenvalue weighted by Gasteiger charge is 2.40. The van der Waals surface area contributed by atoms with E-state index in [0.717, 1.165) is 11.3 Å². The van der Waals surface area contributed by atoms with Gasteiger partial charge in [0, 0.05) is 24.5 Å². The standard InChI is InChI=1S/C16H12ClF3N4OS2/c1-3-24(14(25)10-11(16(18,19)20)22-8(2)26-10)15-12(17)23-13(27-15)9-5-4-6-21-7-9/h4-7H,3H2,1-2H3. The molecule has 0 radical (unpaired) electrons. The molecule has 0 saturated carbocycles. The van der Waals surface area contributed by atoms with E-state index in [-0.39, 0.29) is 21.7 Å². The number of nitrogens with zero attached hydrogens (tertiary/aromatic N) is 4. The molecule has 0 aliphatic rings. The molecule has 0 atom stereocenters. The van der Waals surface area contributed by atoms with Crippen molar-refractivity contribution in [3.63, 3.8) is 0 Å². The average molecular weight is 433 g/mol. The number of thiazole rings is 2. The van der Waals surface area contributed by atoms with Crippen molar-refractivity contribution in [2.45, 2.75) is 20.0 Å². The average Bonchev–Trinajstić information content (AvgIpc) is 3.20. The van der Waals surface area contributed by atoms with Crippen LogP contribution in [0.5, 0.6) is 0 Å². The predicted molar refractivity (Wildman–Crippen MR) is 99.6 cm³/mol. The first-order valence-electron chi connectivity index (χ1n) is 7.65. The topological polar surface area (TPSA) is 59.0 Å². The first-order valence-corrected chi connectivity index (χ1v) is 9.66. The Morgan fingerprint density at radius 2 is 2.04 bits per heavy atom. The lowest BCUT2D eigenvalue weighted by Gasteiger charge is -2.19. The molecule has 5 nitrogen and oxygen atoms in total. The molecule has 3 aromatic rings. The second-order valence-electron chi connectivity index (χ2n) is 5.31. The van der Waals surface area contributed by atoms with E-state index in [0.29, 0.717) is 21.9 Å².